The molecule has 3 N–H and O–H groups in total. The maximum Gasteiger partial charge on any atom is 0.172 e. The zero-order chi connectivity index (χ0) is 13.1. The molecule has 0 fully saturated rings. The third-order valence-corrected chi connectivity index (χ3v) is 3.94. The van der Waals surface area contributed by atoms with Gasteiger partial charge in [-0.3, -0.25) is 0 Å². The van der Waals surface area contributed by atoms with Crippen molar-refractivity contribution >= 4 is 29.4 Å². The van der Waals surface area contributed by atoms with Gasteiger partial charge in [0.15, 0.2) is 5.84 Å². The summed E-state index contributed by atoms with van der Waals surface area (Å²) < 4.78 is 0.0848. The Morgan fingerprint density at radius 1 is 1.29 bits per heavy atom. The molecular formula is C12H18N2OS2. The highest BCUT2D eigenvalue weighted by atomic mass is 32.2. The molecule has 0 aromatic heterocycles. The van der Waals surface area contributed by atoms with E-state index in [0.717, 1.165) is 15.4 Å². The van der Waals surface area contributed by atoms with Crippen molar-refractivity contribution in [1.29, 1.82) is 0 Å². The third kappa shape index (κ3) is 3.85. The first-order chi connectivity index (χ1) is 7.89. The highest BCUT2D eigenvalue weighted by Crippen LogP contribution is 2.37. The van der Waals surface area contributed by atoms with Gasteiger partial charge in [-0.05, 0) is 18.4 Å². The average molecular weight is 270 g/mol. The largest absolute Gasteiger partial charge is 0.409 e. The van der Waals surface area contributed by atoms with Crippen LogP contribution in [0.2, 0.25) is 0 Å². The smallest absolute Gasteiger partial charge is 0.172 e. The number of benzene rings is 1. The zero-order valence-corrected chi connectivity index (χ0v) is 12.2. The molecule has 0 spiro atoms. The highest BCUT2D eigenvalue weighted by Gasteiger charge is 2.18. The second-order valence-electron chi connectivity index (χ2n) is 4.53. The molecule has 0 heterocycles. The molecule has 0 aliphatic heterocycles. The van der Waals surface area contributed by atoms with Crippen molar-refractivity contribution in [2.75, 3.05) is 6.26 Å². The van der Waals surface area contributed by atoms with Gasteiger partial charge in [-0.15, -0.1) is 23.5 Å². The van der Waals surface area contributed by atoms with Gasteiger partial charge in [0.05, 0.1) is 0 Å². The van der Waals surface area contributed by atoms with E-state index in [-0.39, 0.29) is 10.6 Å². The summed E-state index contributed by atoms with van der Waals surface area (Å²) in [6.07, 6.45) is 1.98. The van der Waals surface area contributed by atoms with Crippen LogP contribution in [-0.2, 0) is 0 Å². The number of thioether (sulfide) groups is 2. The summed E-state index contributed by atoms with van der Waals surface area (Å²) in [5.41, 5.74) is 6.59. The maximum absolute atomic E-state index is 8.88. The Bertz CT molecular complexity index is 425. The molecule has 0 unspecified atom stereocenters. The first kappa shape index (κ1) is 14.3. The Morgan fingerprint density at radius 2 is 1.88 bits per heavy atom. The van der Waals surface area contributed by atoms with Crippen molar-refractivity contribution in [2.45, 2.75) is 35.3 Å². The van der Waals surface area contributed by atoms with E-state index in [1.807, 2.05) is 24.5 Å². The van der Waals surface area contributed by atoms with Crippen LogP contribution in [0.4, 0.5) is 0 Å². The summed E-state index contributed by atoms with van der Waals surface area (Å²) in [5.74, 6) is 0.168. The Kier molecular flexibility index (Phi) is 4.77. The standard InChI is InChI=1S/C12H18N2OS2/c1-12(2,3)17-9-7-5-6-8(16-4)10(9)11(13)14-15/h5-7,15H,1-4H3,(H2,13,14). The summed E-state index contributed by atoms with van der Waals surface area (Å²) in [6, 6.07) is 5.97. The van der Waals surface area contributed by atoms with Crippen LogP contribution in [0.25, 0.3) is 0 Å². The number of nitrogens with two attached hydrogens (primary N) is 1. The topological polar surface area (TPSA) is 58.6 Å². The van der Waals surface area contributed by atoms with Crippen molar-refractivity contribution in [2.24, 2.45) is 10.9 Å². The van der Waals surface area contributed by atoms with Crippen molar-refractivity contribution in [1.82, 2.24) is 0 Å². The summed E-state index contributed by atoms with van der Waals surface area (Å²) in [4.78, 5) is 2.06. The van der Waals surface area contributed by atoms with Gasteiger partial charge in [0.1, 0.15) is 0 Å². The van der Waals surface area contributed by atoms with Crippen LogP contribution in [0.1, 0.15) is 26.3 Å². The van der Waals surface area contributed by atoms with Crippen LogP contribution in [0, 0.1) is 0 Å². The molecule has 1 aromatic carbocycles. The van der Waals surface area contributed by atoms with Gasteiger partial charge in [-0.1, -0.05) is 32.0 Å². The van der Waals surface area contributed by atoms with E-state index in [1.54, 1.807) is 23.5 Å². The van der Waals surface area contributed by atoms with Crippen molar-refractivity contribution in [3.63, 3.8) is 0 Å². The van der Waals surface area contributed by atoms with Gasteiger partial charge < -0.3 is 10.9 Å². The fraction of sp³-hybridized carbons (Fsp3) is 0.417. The average Bonchev–Trinajstić information content (AvgIpc) is 2.25. The van der Waals surface area contributed by atoms with Crippen LogP contribution in [0.5, 0.6) is 0 Å². The molecule has 0 radical (unpaired) electrons. The first-order valence-corrected chi connectivity index (χ1v) is 7.27. The van der Waals surface area contributed by atoms with E-state index in [9.17, 15) is 0 Å². The number of rotatable bonds is 3. The van der Waals surface area contributed by atoms with Crippen molar-refractivity contribution in [3.05, 3.63) is 23.8 Å². The van der Waals surface area contributed by atoms with Gasteiger partial charge in [0.2, 0.25) is 0 Å². The molecule has 0 amide bonds. The van der Waals surface area contributed by atoms with Crippen LogP contribution in [-0.4, -0.2) is 22.0 Å². The number of nitrogens with zero attached hydrogens (tertiary/aromatic N) is 1. The highest BCUT2D eigenvalue weighted by molar-refractivity contribution is 8.01. The van der Waals surface area contributed by atoms with Crippen LogP contribution >= 0.6 is 23.5 Å². The van der Waals surface area contributed by atoms with E-state index in [4.69, 9.17) is 10.9 Å². The lowest BCUT2D eigenvalue weighted by Gasteiger charge is -2.20. The van der Waals surface area contributed by atoms with Gasteiger partial charge in [-0.2, -0.15) is 0 Å². The van der Waals surface area contributed by atoms with Gasteiger partial charge in [0.25, 0.3) is 0 Å². The van der Waals surface area contributed by atoms with Gasteiger partial charge >= 0.3 is 0 Å². The summed E-state index contributed by atoms with van der Waals surface area (Å²) in [6.45, 7) is 6.42. The SMILES string of the molecule is CSc1cccc(SC(C)(C)C)c1/C(N)=N/O. The fourth-order valence-corrected chi connectivity index (χ4v) is 3.22. The van der Waals surface area contributed by atoms with Crippen LogP contribution < -0.4 is 5.73 Å². The molecule has 0 saturated heterocycles. The number of hydrogen-bond acceptors (Lipinski definition) is 4. The molecule has 1 rings (SSSR count). The van der Waals surface area contributed by atoms with Crippen molar-refractivity contribution < 1.29 is 5.21 Å². The minimum absolute atomic E-state index is 0.0848. The lowest BCUT2D eigenvalue weighted by Crippen LogP contribution is -2.17. The minimum atomic E-state index is 0.0848. The Morgan fingerprint density at radius 3 is 2.35 bits per heavy atom. The third-order valence-electron chi connectivity index (χ3n) is 1.99. The van der Waals surface area contributed by atoms with Crippen molar-refractivity contribution in [3.8, 4) is 0 Å². The van der Waals surface area contributed by atoms with Crippen LogP contribution in [0.15, 0.2) is 33.1 Å². The molecule has 0 saturated carbocycles. The summed E-state index contributed by atoms with van der Waals surface area (Å²) in [5, 5.41) is 12.0. The molecule has 0 atom stereocenters. The lowest BCUT2D eigenvalue weighted by molar-refractivity contribution is 0.318. The lowest BCUT2D eigenvalue weighted by atomic mass is 10.2. The molecule has 1 aromatic rings. The fourth-order valence-electron chi connectivity index (χ4n) is 1.40. The summed E-state index contributed by atoms with van der Waals surface area (Å²) >= 11 is 3.31. The summed E-state index contributed by atoms with van der Waals surface area (Å²) in [7, 11) is 0. The second kappa shape index (κ2) is 5.69. The quantitative estimate of drug-likeness (QED) is 0.290. The Balaban J connectivity index is 3.30. The molecule has 0 aliphatic carbocycles. The van der Waals surface area contributed by atoms with Gasteiger partial charge in [0, 0.05) is 20.1 Å². The number of amidine groups is 1. The Hall–Kier alpha value is -0.810. The van der Waals surface area contributed by atoms with E-state index in [2.05, 4.69) is 25.9 Å². The maximum atomic E-state index is 8.88. The monoisotopic (exact) mass is 270 g/mol. The molecular weight excluding hydrogens is 252 g/mol. The van der Waals surface area contributed by atoms with Crippen LogP contribution in [0.3, 0.4) is 0 Å². The Labute approximate surface area is 111 Å². The predicted octanol–water partition coefficient (Wildman–Crippen LogP) is 3.39. The first-order valence-electron chi connectivity index (χ1n) is 5.23. The molecule has 94 valence electrons. The van der Waals surface area contributed by atoms with E-state index < -0.39 is 0 Å². The molecule has 3 nitrogen and oxygen atoms in total. The molecule has 0 aliphatic rings. The predicted molar refractivity (Wildman–Crippen MR) is 76.3 cm³/mol. The van der Waals surface area contributed by atoms with Gasteiger partial charge in [-0.25, -0.2) is 0 Å². The number of oxime groups is 1. The van der Waals surface area contributed by atoms with E-state index in [0.29, 0.717) is 0 Å². The van der Waals surface area contributed by atoms with E-state index >= 15 is 0 Å². The number of hydrogen-bond donors (Lipinski definition) is 2. The van der Waals surface area contributed by atoms with E-state index in [1.165, 1.54) is 0 Å². The molecule has 0 bridgehead atoms. The minimum Gasteiger partial charge on any atom is -0.409 e. The second-order valence-corrected chi connectivity index (χ2v) is 7.25. The normalized spacial score (nSPS) is 12.8. The zero-order valence-electron chi connectivity index (χ0n) is 10.5. The molecule has 17 heavy (non-hydrogen) atoms. The molecule has 5 heteroatoms.